The van der Waals surface area contributed by atoms with Gasteiger partial charge in [0.05, 0.1) is 18.7 Å². The van der Waals surface area contributed by atoms with Gasteiger partial charge in [0.1, 0.15) is 5.52 Å². The molecule has 0 aliphatic rings. The summed E-state index contributed by atoms with van der Waals surface area (Å²) in [6, 6.07) is 0. The smallest absolute Gasteiger partial charge is 0.240 e. The number of aromatic nitrogens is 4. The van der Waals surface area contributed by atoms with E-state index >= 15 is 0 Å². The second kappa shape index (κ2) is 5.68. The van der Waals surface area contributed by atoms with Crippen LogP contribution < -0.4 is 4.72 Å². The molecule has 2 N–H and O–H groups in total. The molecule has 0 aliphatic heterocycles. The molecule has 0 aromatic carbocycles. The standard InChI is InChI=1S/C9H12ClN5O3S/c1-2-18-3-4-19(16,17)15-9-13-7(10)6-8(14-9)12-5-11-6/h5H,2-4H2,1H3,(H2,11,12,13,14,15). The van der Waals surface area contributed by atoms with Crippen LogP contribution >= 0.6 is 11.6 Å². The fourth-order valence-electron chi connectivity index (χ4n) is 1.35. The van der Waals surface area contributed by atoms with Gasteiger partial charge in [0.25, 0.3) is 0 Å². The lowest BCUT2D eigenvalue weighted by Crippen LogP contribution is -2.21. The summed E-state index contributed by atoms with van der Waals surface area (Å²) in [5, 5.41) is 0.102. The maximum absolute atomic E-state index is 11.7. The first kappa shape index (κ1) is 14.0. The van der Waals surface area contributed by atoms with Crippen molar-refractivity contribution in [2.75, 3.05) is 23.7 Å². The quantitative estimate of drug-likeness (QED) is 0.603. The first-order chi connectivity index (χ1) is 9.02. The zero-order valence-corrected chi connectivity index (χ0v) is 11.6. The Morgan fingerprint density at radius 3 is 3.00 bits per heavy atom. The number of sulfonamides is 1. The molecule has 0 saturated carbocycles. The van der Waals surface area contributed by atoms with Gasteiger partial charge in [-0.1, -0.05) is 11.6 Å². The van der Waals surface area contributed by atoms with Gasteiger partial charge in [0.2, 0.25) is 16.0 Å². The van der Waals surface area contributed by atoms with Crippen molar-refractivity contribution in [2.45, 2.75) is 6.92 Å². The maximum Gasteiger partial charge on any atom is 0.240 e. The molecule has 0 unspecified atom stereocenters. The van der Waals surface area contributed by atoms with Crippen LogP contribution in [-0.4, -0.2) is 47.3 Å². The second-order valence-corrected chi connectivity index (χ2v) is 5.76. The van der Waals surface area contributed by atoms with Crippen LogP contribution in [0, 0.1) is 0 Å². The van der Waals surface area contributed by atoms with Crippen molar-refractivity contribution >= 4 is 38.7 Å². The Bertz CT molecular complexity index is 672. The van der Waals surface area contributed by atoms with E-state index in [0.717, 1.165) is 0 Å². The lowest BCUT2D eigenvalue weighted by Gasteiger charge is -2.06. The zero-order chi connectivity index (χ0) is 13.9. The molecule has 2 aromatic rings. The van der Waals surface area contributed by atoms with Crippen molar-refractivity contribution in [3.05, 3.63) is 11.5 Å². The third-order valence-corrected chi connectivity index (χ3v) is 3.66. The first-order valence-electron chi connectivity index (χ1n) is 5.46. The summed E-state index contributed by atoms with van der Waals surface area (Å²) in [6.07, 6.45) is 1.40. The van der Waals surface area contributed by atoms with Crippen molar-refractivity contribution < 1.29 is 13.2 Å². The van der Waals surface area contributed by atoms with Gasteiger partial charge in [-0.2, -0.15) is 9.97 Å². The number of imidazole rings is 1. The number of anilines is 1. The van der Waals surface area contributed by atoms with Crippen LogP contribution in [0.4, 0.5) is 5.95 Å². The van der Waals surface area contributed by atoms with E-state index in [-0.39, 0.29) is 23.5 Å². The molecule has 10 heteroatoms. The average molecular weight is 306 g/mol. The van der Waals surface area contributed by atoms with Crippen LogP contribution in [0.15, 0.2) is 6.33 Å². The molecule has 0 saturated heterocycles. The Morgan fingerprint density at radius 1 is 1.47 bits per heavy atom. The Balaban J connectivity index is 2.16. The first-order valence-corrected chi connectivity index (χ1v) is 7.49. The predicted molar refractivity (Wildman–Crippen MR) is 70.6 cm³/mol. The highest BCUT2D eigenvalue weighted by molar-refractivity contribution is 7.92. The number of H-pyrrole nitrogens is 1. The number of hydrogen-bond acceptors (Lipinski definition) is 6. The Labute approximate surface area is 114 Å². The van der Waals surface area contributed by atoms with Gasteiger partial charge in [-0.3, -0.25) is 4.72 Å². The largest absolute Gasteiger partial charge is 0.381 e. The number of nitrogens with one attached hydrogen (secondary N) is 2. The molecule has 0 radical (unpaired) electrons. The number of halogens is 1. The topological polar surface area (TPSA) is 110 Å². The number of rotatable bonds is 6. The van der Waals surface area contributed by atoms with E-state index in [9.17, 15) is 8.42 Å². The van der Waals surface area contributed by atoms with E-state index in [1.54, 1.807) is 6.92 Å². The molecule has 8 nitrogen and oxygen atoms in total. The van der Waals surface area contributed by atoms with E-state index < -0.39 is 10.0 Å². The van der Waals surface area contributed by atoms with E-state index in [1.165, 1.54) is 6.33 Å². The lowest BCUT2D eigenvalue weighted by molar-refractivity contribution is 0.163. The van der Waals surface area contributed by atoms with E-state index in [2.05, 4.69) is 24.7 Å². The van der Waals surface area contributed by atoms with Crippen molar-refractivity contribution in [3.8, 4) is 0 Å². The van der Waals surface area contributed by atoms with Gasteiger partial charge in [0, 0.05) is 6.61 Å². The molecule has 0 aliphatic carbocycles. The van der Waals surface area contributed by atoms with Gasteiger partial charge < -0.3 is 9.72 Å². The van der Waals surface area contributed by atoms with Crippen LogP contribution in [-0.2, 0) is 14.8 Å². The van der Waals surface area contributed by atoms with Crippen molar-refractivity contribution in [1.29, 1.82) is 0 Å². The van der Waals surface area contributed by atoms with Crippen LogP contribution in [0.2, 0.25) is 5.15 Å². The summed E-state index contributed by atoms with van der Waals surface area (Å²) in [6.45, 7) is 2.34. The van der Waals surface area contributed by atoms with E-state index in [1.807, 2.05) is 0 Å². The minimum absolute atomic E-state index is 0.101. The third kappa shape index (κ3) is 3.52. The molecule has 2 rings (SSSR count). The predicted octanol–water partition coefficient (Wildman–Crippen LogP) is 0.785. The van der Waals surface area contributed by atoms with Crippen molar-refractivity contribution in [3.63, 3.8) is 0 Å². The van der Waals surface area contributed by atoms with Gasteiger partial charge in [-0.05, 0) is 6.92 Å². The number of fused-ring (bicyclic) bond motifs is 1. The minimum atomic E-state index is -3.57. The summed E-state index contributed by atoms with van der Waals surface area (Å²) < 4.78 is 30.7. The molecule has 19 heavy (non-hydrogen) atoms. The normalized spacial score (nSPS) is 11.9. The maximum atomic E-state index is 11.7. The summed E-state index contributed by atoms with van der Waals surface area (Å²) in [5.41, 5.74) is 0.751. The Kier molecular flexibility index (Phi) is 4.17. The molecule has 104 valence electrons. The monoisotopic (exact) mass is 305 g/mol. The molecule has 0 atom stereocenters. The van der Waals surface area contributed by atoms with Crippen LogP contribution in [0.1, 0.15) is 6.92 Å². The highest BCUT2D eigenvalue weighted by Crippen LogP contribution is 2.18. The average Bonchev–Trinajstić information content (AvgIpc) is 2.77. The summed E-state index contributed by atoms with van der Waals surface area (Å²) in [5.74, 6) is -0.290. The van der Waals surface area contributed by atoms with Gasteiger partial charge in [-0.15, -0.1) is 0 Å². The van der Waals surface area contributed by atoms with Crippen molar-refractivity contribution in [1.82, 2.24) is 19.9 Å². The summed E-state index contributed by atoms with van der Waals surface area (Å²) in [7, 11) is -3.57. The van der Waals surface area contributed by atoms with Gasteiger partial charge in [-0.25, -0.2) is 13.4 Å². The Morgan fingerprint density at radius 2 is 2.26 bits per heavy atom. The number of hydrogen-bond donors (Lipinski definition) is 2. The zero-order valence-electron chi connectivity index (χ0n) is 10.1. The molecule has 2 aromatic heterocycles. The molecular formula is C9H12ClN5O3S. The second-order valence-electron chi connectivity index (χ2n) is 3.56. The van der Waals surface area contributed by atoms with Gasteiger partial charge >= 0.3 is 0 Å². The number of aromatic amines is 1. The van der Waals surface area contributed by atoms with Crippen molar-refractivity contribution in [2.24, 2.45) is 0 Å². The van der Waals surface area contributed by atoms with Crippen LogP contribution in [0.5, 0.6) is 0 Å². The number of ether oxygens (including phenoxy) is 1. The highest BCUT2D eigenvalue weighted by atomic mass is 35.5. The summed E-state index contributed by atoms with van der Waals surface area (Å²) in [4.78, 5) is 14.4. The highest BCUT2D eigenvalue weighted by Gasteiger charge is 2.14. The summed E-state index contributed by atoms with van der Waals surface area (Å²) >= 11 is 5.88. The Hall–Kier alpha value is -1.45. The molecule has 2 heterocycles. The van der Waals surface area contributed by atoms with Crippen LogP contribution in [0.25, 0.3) is 11.2 Å². The van der Waals surface area contributed by atoms with Gasteiger partial charge in [0.15, 0.2) is 10.8 Å². The minimum Gasteiger partial charge on any atom is -0.381 e. The van der Waals surface area contributed by atoms with E-state index in [4.69, 9.17) is 16.3 Å². The molecular weight excluding hydrogens is 294 g/mol. The van der Waals surface area contributed by atoms with Crippen LogP contribution in [0.3, 0.4) is 0 Å². The molecule has 0 bridgehead atoms. The number of nitrogens with zero attached hydrogens (tertiary/aromatic N) is 3. The molecule has 0 fully saturated rings. The molecule has 0 amide bonds. The fraction of sp³-hybridized carbons (Fsp3) is 0.444. The van der Waals surface area contributed by atoms with E-state index in [0.29, 0.717) is 17.8 Å². The fourth-order valence-corrected chi connectivity index (χ4v) is 2.37. The third-order valence-electron chi connectivity index (χ3n) is 2.19. The molecule has 0 spiro atoms. The lowest BCUT2D eigenvalue weighted by atomic mass is 10.6. The SMILES string of the molecule is CCOCCS(=O)(=O)Nc1nc(Cl)c2[nH]cnc2n1.